The van der Waals surface area contributed by atoms with Crippen molar-refractivity contribution < 1.29 is 4.58 Å². The van der Waals surface area contributed by atoms with Crippen LogP contribution in [0.1, 0.15) is 36.4 Å². The van der Waals surface area contributed by atoms with E-state index in [1.807, 2.05) is 0 Å². The molecule has 0 N–H and O–H groups in total. The summed E-state index contributed by atoms with van der Waals surface area (Å²) >= 11 is 3.57. The molecule has 126 valence electrons. The highest BCUT2D eigenvalue weighted by atomic mass is 79.9. The van der Waals surface area contributed by atoms with Gasteiger partial charge in [-0.1, -0.05) is 58.4 Å². The molecule has 0 radical (unpaired) electrons. The lowest BCUT2D eigenvalue weighted by Crippen LogP contribution is -2.31. The van der Waals surface area contributed by atoms with Crippen LogP contribution in [0.4, 0.5) is 0 Å². The molecule has 3 aliphatic heterocycles. The Balaban J connectivity index is 1.54. The Morgan fingerprint density at radius 1 is 0.920 bits per heavy atom. The Hall–Kier alpha value is -1.87. The van der Waals surface area contributed by atoms with E-state index in [-0.39, 0.29) is 0 Å². The Bertz CT molecular complexity index is 865. The number of benzene rings is 2. The summed E-state index contributed by atoms with van der Waals surface area (Å²) in [5.41, 5.74) is 5.99. The fourth-order valence-electron chi connectivity index (χ4n) is 4.63. The van der Waals surface area contributed by atoms with Gasteiger partial charge in [0.1, 0.15) is 13.1 Å². The first-order valence-electron chi connectivity index (χ1n) is 9.23. The quantitative estimate of drug-likeness (QED) is 0.659. The monoisotopic (exact) mass is 393 g/mol. The highest BCUT2D eigenvalue weighted by Gasteiger charge is 2.47. The molecule has 25 heavy (non-hydrogen) atoms. The number of rotatable bonds is 2. The molecule has 0 aliphatic carbocycles. The van der Waals surface area contributed by atoms with E-state index >= 15 is 0 Å². The molecule has 2 aromatic carbocycles. The van der Waals surface area contributed by atoms with Crippen LogP contribution < -0.4 is 0 Å². The highest BCUT2D eigenvalue weighted by molar-refractivity contribution is 9.10. The number of amidine groups is 1. The van der Waals surface area contributed by atoms with Gasteiger partial charge in [0.15, 0.2) is 6.04 Å². The predicted octanol–water partition coefficient (Wildman–Crippen LogP) is 4.87. The Labute approximate surface area is 157 Å². The molecule has 0 unspecified atom stereocenters. The third-order valence-electron chi connectivity index (χ3n) is 5.78. The third-order valence-corrected chi connectivity index (χ3v) is 6.31. The summed E-state index contributed by atoms with van der Waals surface area (Å²) < 4.78 is 3.78. The molecule has 0 spiro atoms. The zero-order valence-electron chi connectivity index (χ0n) is 14.3. The fourth-order valence-corrected chi connectivity index (χ4v) is 4.90. The van der Waals surface area contributed by atoms with Crippen LogP contribution in [-0.4, -0.2) is 34.9 Å². The number of nitrogens with zero attached hydrogens (tertiary/aromatic N) is 2. The van der Waals surface area contributed by atoms with E-state index in [1.165, 1.54) is 42.8 Å². The zero-order chi connectivity index (χ0) is 16.8. The SMILES string of the molecule is Brc1ccc([C@@H]2C[N+]3=C4C(=C(c5ccccc5)C3)CCCCN42)cc1. The molecule has 3 heterocycles. The molecule has 0 aromatic heterocycles. The average Bonchev–Trinajstić information content (AvgIpc) is 3.08. The molecular formula is C22H22BrN2+. The standard InChI is InChI=1S/C22H22BrN2/c23-18-11-9-17(10-12-18)21-15-24-14-20(16-6-2-1-3-7-16)19-8-4-5-13-25(21)22(19)24/h1-3,6-7,9-12,21H,4-5,8,13-15H2/q+1/t21-/m0/s1. The molecule has 1 fully saturated rings. The van der Waals surface area contributed by atoms with Crippen LogP contribution in [0.3, 0.4) is 0 Å². The van der Waals surface area contributed by atoms with E-state index in [9.17, 15) is 0 Å². The number of hydrogen-bond acceptors (Lipinski definition) is 1. The van der Waals surface area contributed by atoms with Gasteiger partial charge in [0.05, 0.1) is 6.54 Å². The van der Waals surface area contributed by atoms with Gasteiger partial charge in [-0.25, -0.2) is 0 Å². The van der Waals surface area contributed by atoms with E-state index < -0.39 is 0 Å². The Morgan fingerprint density at radius 2 is 1.72 bits per heavy atom. The van der Waals surface area contributed by atoms with Crippen LogP contribution in [0.15, 0.2) is 64.6 Å². The van der Waals surface area contributed by atoms with Crippen LogP contribution in [0, 0.1) is 0 Å². The zero-order valence-corrected chi connectivity index (χ0v) is 15.9. The average molecular weight is 394 g/mol. The summed E-state index contributed by atoms with van der Waals surface area (Å²) in [4.78, 5) is 2.68. The summed E-state index contributed by atoms with van der Waals surface area (Å²) in [5, 5.41) is 0. The Morgan fingerprint density at radius 3 is 2.52 bits per heavy atom. The summed E-state index contributed by atoms with van der Waals surface area (Å²) in [6, 6.07) is 20.4. The van der Waals surface area contributed by atoms with Crippen molar-refractivity contribution in [3.63, 3.8) is 0 Å². The third kappa shape index (κ3) is 2.56. The second kappa shape index (κ2) is 6.14. The topological polar surface area (TPSA) is 6.25 Å². The van der Waals surface area contributed by atoms with Crippen molar-refractivity contribution in [1.29, 1.82) is 0 Å². The fraction of sp³-hybridized carbons (Fsp3) is 0.318. The van der Waals surface area contributed by atoms with E-state index in [2.05, 4.69) is 80.0 Å². The second-order valence-corrected chi connectivity index (χ2v) is 8.16. The normalized spacial score (nSPS) is 22.4. The Kier molecular flexibility index (Phi) is 3.78. The summed E-state index contributed by atoms with van der Waals surface area (Å²) in [6.07, 6.45) is 3.81. The van der Waals surface area contributed by atoms with Crippen molar-refractivity contribution in [2.24, 2.45) is 0 Å². The van der Waals surface area contributed by atoms with Crippen molar-refractivity contribution in [3.05, 3.63) is 75.8 Å². The summed E-state index contributed by atoms with van der Waals surface area (Å²) in [6.45, 7) is 3.35. The van der Waals surface area contributed by atoms with E-state index in [4.69, 9.17) is 0 Å². The smallest absolute Gasteiger partial charge is 0.253 e. The van der Waals surface area contributed by atoms with E-state index in [0.29, 0.717) is 6.04 Å². The molecule has 1 saturated heterocycles. The molecule has 0 saturated carbocycles. The van der Waals surface area contributed by atoms with Crippen molar-refractivity contribution in [2.45, 2.75) is 25.3 Å². The van der Waals surface area contributed by atoms with Crippen LogP contribution in [0.25, 0.3) is 5.57 Å². The van der Waals surface area contributed by atoms with Crippen molar-refractivity contribution in [2.75, 3.05) is 19.6 Å². The lowest BCUT2D eigenvalue weighted by molar-refractivity contribution is -0.505. The molecule has 0 bridgehead atoms. The molecule has 0 amide bonds. The maximum Gasteiger partial charge on any atom is 0.276 e. The maximum atomic E-state index is 3.57. The molecule has 2 nitrogen and oxygen atoms in total. The van der Waals surface area contributed by atoms with Gasteiger partial charge in [0.2, 0.25) is 0 Å². The minimum absolute atomic E-state index is 0.494. The van der Waals surface area contributed by atoms with Gasteiger partial charge >= 0.3 is 0 Å². The molecule has 1 atom stereocenters. The largest absolute Gasteiger partial charge is 0.276 e. The van der Waals surface area contributed by atoms with Gasteiger partial charge in [-0.2, -0.15) is 0 Å². The molecule has 3 aliphatic rings. The van der Waals surface area contributed by atoms with Gasteiger partial charge in [0, 0.05) is 21.2 Å². The van der Waals surface area contributed by atoms with Gasteiger partial charge in [-0.05, 0) is 37.0 Å². The van der Waals surface area contributed by atoms with Gasteiger partial charge in [0.25, 0.3) is 5.84 Å². The lowest BCUT2D eigenvalue weighted by atomic mass is 9.97. The van der Waals surface area contributed by atoms with Gasteiger partial charge in [-0.15, -0.1) is 0 Å². The van der Waals surface area contributed by atoms with E-state index in [0.717, 1.165) is 17.6 Å². The predicted molar refractivity (Wildman–Crippen MR) is 106 cm³/mol. The molecular weight excluding hydrogens is 372 g/mol. The first-order valence-corrected chi connectivity index (χ1v) is 10.0. The summed E-state index contributed by atoms with van der Waals surface area (Å²) in [7, 11) is 0. The van der Waals surface area contributed by atoms with Crippen molar-refractivity contribution in [3.8, 4) is 0 Å². The first kappa shape index (κ1) is 15.4. The minimum Gasteiger partial charge on any atom is -0.253 e. The van der Waals surface area contributed by atoms with Crippen LogP contribution >= 0.6 is 15.9 Å². The minimum atomic E-state index is 0.494. The van der Waals surface area contributed by atoms with Crippen LogP contribution in [0.2, 0.25) is 0 Å². The molecule has 5 rings (SSSR count). The lowest BCUT2D eigenvalue weighted by Gasteiger charge is -2.20. The maximum absolute atomic E-state index is 3.57. The van der Waals surface area contributed by atoms with Crippen LogP contribution in [-0.2, 0) is 0 Å². The highest BCUT2D eigenvalue weighted by Crippen LogP contribution is 2.39. The number of hydrogen-bond donors (Lipinski definition) is 0. The first-order chi connectivity index (χ1) is 12.3. The van der Waals surface area contributed by atoms with Gasteiger partial charge in [-0.3, -0.25) is 9.48 Å². The number of halogens is 1. The van der Waals surface area contributed by atoms with Crippen molar-refractivity contribution >= 4 is 27.3 Å². The molecule has 3 heteroatoms. The van der Waals surface area contributed by atoms with E-state index in [1.54, 1.807) is 11.1 Å². The van der Waals surface area contributed by atoms with Crippen LogP contribution in [0.5, 0.6) is 0 Å². The summed E-state index contributed by atoms with van der Waals surface area (Å²) in [5.74, 6) is 1.52. The van der Waals surface area contributed by atoms with Crippen molar-refractivity contribution in [1.82, 2.24) is 4.90 Å². The van der Waals surface area contributed by atoms with Gasteiger partial charge < -0.3 is 0 Å². The second-order valence-electron chi connectivity index (χ2n) is 7.25. The molecule has 2 aromatic rings.